The van der Waals surface area contributed by atoms with E-state index in [1.165, 1.54) is 6.42 Å². The molecule has 0 spiro atoms. The SMILES string of the molecule is NCC1CCCCC1NC(=O)C1CCN(c2ccccc2Br)C1=O. The number of para-hydroxylation sites is 1. The Morgan fingerprint density at radius 2 is 2.00 bits per heavy atom. The van der Waals surface area contributed by atoms with Crippen molar-refractivity contribution in [2.75, 3.05) is 18.0 Å². The topological polar surface area (TPSA) is 75.4 Å². The van der Waals surface area contributed by atoms with Crippen LogP contribution in [0.3, 0.4) is 0 Å². The molecule has 1 aliphatic heterocycles. The van der Waals surface area contributed by atoms with Crippen molar-refractivity contribution in [2.45, 2.75) is 38.1 Å². The zero-order chi connectivity index (χ0) is 17.1. The molecular formula is C18H24BrN3O2. The summed E-state index contributed by atoms with van der Waals surface area (Å²) in [6.45, 7) is 1.16. The molecule has 6 heteroatoms. The van der Waals surface area contributed by atoms with Crippen LogP contribution in [0.1, 0.15) is 32.1 Å². The Kier molecular flexibility index (Phi) is 5.56. The molecule has 1 saturated carbocycles. The molecule has 3 atom stereocenters. The molecule has 0 radical (unpaired) electrons. The van der Waals surface area contributed by atoms with Crippen LogP contribution in [-0.2, 0) is 9.59 Å². The number of hydrogen-bond donors (Lipinski definition) is 2. The normalized spacial score (nSPS) is 27.3. The van der Waals surface area contributed by atoms with Gasteiger partial charge in [-0.15, -0.1) is 0 Å². The number of amides is 2. The Hall–Kier alpha value is -1.40. The van der Waals surface area contributed by atoms with Gasteiger partial charge in [-0.3, -0.25) is 9.59 Å². The first-order chi connectivity index (χ1) is 11.6. The maximum atomic E-state index is 12.7. The number of nitrogens with two attached hydrogens (primary N) is 1. The van der Waals surface area contributed by atoms with Gasteiger partial charge < -0.3 is 16.0 Å². The number of benzene rings is 1. The maximum absolute atomic E-state index is 12.7. The highest BCUT2D eigenvalue weighted by molar-refractivity contribution is 9.10. The number of carbonyl (C=O) groups is 2. The lowest BCUT2D eigenvalue weighted by Gasteiger charge is -2.32. The van der Waals surface area contributed by atoms with E-state index in [9.17, 15) is 9.59 Å². The Morgan fingerprint density at radius 1 is 1.25 bits per heavy atom. The van der Waals surface area contributed by atoms with Crippen LogP contribution in [0.2, 0.25) is 0 Å². The van der Waals surface area contributed by atoms with Gasteiger partial charge in [0.25, 0.3) is 0 Å². The van der Waals surface area contributed by atoms with Crippen molar-refractivity contribution >= 4 is 33.4 Å². The van der Waals surface area contributed by atoms with Crippen molar-refractivity contribution in [2.24, 2.45) is 17.6 Å². The Labute approximate surface area is 151 Å². The monoisotopic (exact) mass is 393 g/mol. The molecule has 3 N–H and O–H groups in total. The minimum Gasteiger partial charge on any atom is -0.352 e. The first kappa shape index (κ1) is 17.4. The standard InChI is InChI=1S/C18H24BrN3O2/c19-14-6-2-4-8-16(14)22-10-9-13(18(22)24)17(23)21-15-7-3-1-5-12(15)11-20/h2,4,6,8,12-13,15H,1,3,5,7,9-11,20H2,(H,21,23). The molecule has 1 saturated heterocycles. The van der Waals surface area contributed by atoms with Crippen molar-refractivity contribution in [1.29, 1.82) is 0 Å². The molecule has 130 valence electrons. The number of halogens is 1. The molecule has 24 heavy (non-hydrogen) atoms. The van der Waals surface area contributed by atoms with Crippen LogP contribution in [0.5, 0.6) is 0 Å². The van der Waals surface area contributed by atoms with Gasteiger partial charge in [-0.05, 0) is 59.8 Å². The first-order valence-corrected chi connectivity index (χ1v) is 9.47. The summed E-state index contributed by atoms with van der Waals surface area (Å²) >= 11 is 3.48. The number of nitrogens with one attached hydrogen (secondary N) is 1. The molecule has 2 aliphatic rings. The van der Waals surface area contributed by atoms with Gasteiger partial charge in [0.05, 0.1) is 5.69 Å². The summed E-state index contributed by atoms with van der Waals surface area (Å²) in [4.78, 5) is 27.1. The number of anilines is 1. The first-order valence-electron chi connectivity index (χ1n) is 8.68. The van der Waals surface area contributed by atoms with E-state index in [0.29, 0.717) is 25.4 Å². The quantitative estimate of drug-likeness (QED) is 0.771. The van der Waals surface area contributed by atoms with Gasteiger partial charge >= 0.3 is 0 Å². The summed E-state index contributed by atoms with van der Waals surface area (Å²) in [5, 5.41) is 3.10. The minimum absolute atomic E-state index is 0.112. The van der Waals surface area contributed by atoms with Crippen molar-refractivity contribution in [3.8, 4) is 0 Å². The Morgan fingerprint density at radius 3 is 2.75 bits per heavy atom. The number of rotatable bonds is 4. The van der Waals surface area contributed by atoms with E-state index in [-0.39, 0.29) is 17.9 Å². The molecule has 0 bridgehead atoms. The van der Waals surface area contributed by atoms with Gasteiger partial charge in [-0.25, -0.2) is 0 Å². The lowest BCUT2D eigenvalue weighted by molar-refractivity contribution is -0.133. The van der Waals surface area contributed by atoms with Gasteiger partial charge in [-0.2, -0.15) is 0 Å². The summed E-state index contributed by atoms with van der Waals surface area (Å²) in [6.07, 6.45) is 4.87. The summed E-state index contributed by atoms with van der Waals surface area (Å²) in [7, 11) is 0. The van der Waals surface area contributed by atoms with E-state index in [1.54, 1.807) is 4.90 Å². The predicted molar refractivity (Wildman–Crippen MR) is 97.5 cm³/mol. The molecule has 2 fully saturated rings. The van der Waals surface area contributed by atoms with E-state index >= 15 is 0 Å². The van der Waals surface area contributed by atoms with Crippen LogP contribution in [0, 0.1) is 11.8 Å². The molecule has 3 unspecified atom stereocenters. The van der Waals surface area contributed by atoms with Crippen LogP contribution >= 0.6 is 15.9 Å². The fourth-order valence-corrected chi connectivity index (χ4v) is 4.29. The highest BCUT2D eigenvalue weighted by atomic mass is 79.9. The van der Waals surface area contributed by atoms with Crippen LogP contribution < -0.4 is 16.0 Å². The predicted octanol–water partition coefficient (Wildman–Crippen LogP) is 2.44. The fourth-order valence-electron chi connectivity index (χ4n) is 3.80. The van der Waals surface area contributed by atoms with E-state index in [1.807, 2.05) is 24.3 Å². The van der Waals surface area contributed by atoms with E-state index in [0.717, 1.165) is 29.4 Å². The van der Waals surface area contributed by atoms with Crippen molar-refractivity contribution < 1.29 is 9.59 Å². The maximum Gasteiger partial charge on any atom is 0.239 e. The Bertz CT molecular complexity index is 622. The zero-order valence-corrected chi connectivity index (χ0v) is 15.3. The largest absolute Gasteiger partial charge is 0.352 e. The number of carbonyl (C=O) groups excluding carboxylic acids is 2. The second kappa shape index (κ2) is 7.66. The summed E-state index contributed by atoms with van der Waals surface area (Å²) < 4.78 is 0.870. The van der Waals surface area contributed by atoms with Gasteiger partial charge in [-0.1, -0.05) is 25.0 Å². The Balaban J connectivity index is 1.66. The van der Waals surface area contributed by atoms with E-state index < -0.39 is 5.92 Å². The summed E-state index contributed by atoms with van der Waals surface area (Å²) in [5.74, 6) is -0.504. The van der Waals surface area contributed by atoms with Gasteiger partial charge in [0.1, 0.15) is 5.92 Å². The number of hydrogen-bond acceptors (Lipinski definition) is 3. The molecule has 3 rings (SSSR count). The molecule has 1 aromatic rings. The van der Waals surface area contributed by atoms with Crippen molar-refractivity contribution in [3.63, 3.8) is 0 Å². The lowest BCUT2D eigenvalue weighted by Crippen LogP contribution is -2.48. The molecule has 0 aromatic heterocycles. The summed E-state index contributed by atoms with van der Waals surface area (Å²) in [5.41, 5.74) is 6.66. The highest BCUT2D eigenvalue weighted by Crippen LogP contribution is 2.32. The smallest absolute Gasteiger partial charge is 0.239 e. The molecule has 1 aliphatic carbocycles. The van der Waals surface area contributed by atoms with Gasteiger partial charge in [0.15, 0.2) is 0 Å². The number of nitrogens with zero attached hydrogens (tertiary/aromatic N) is 1. The fraction of sp³-hybridized carbons (Fsp3) is 0.556. The third kappa shape index (κ3) is 3.49. The highest BCUT2D eigenvalue weighted by Gasteiger charge is 2.39. The lowest BCUT2D eigenvalue weighted by atomic mass is 9.84. The molecule has 1 heterocycles. The molecular weight excluding hydrogens is 370 g/mol. The van der Waals surface area contributed by atoms with E-state index in [4.69, 9.17) is 5.73 Å². The van der Waals surface area contributed by atoms with E-state index in [2.05, 4.69) is 21.2 Å². The molecule has 5 nitrogen and oxygen atoms in total. The second-order valence-electron chi connectivity index (χ2n) is 6.68. The average Bonchev–Trinajstić information content (AvgIpc) is 2.97. The molecule has 2 amide bonds. The van der Waals surface area contributed by atoms with Gasteiger partial charge in [0, 0.05) is 17.1 Å². The second-order valence-corrected chi connectivity index (χ2v) is 7.53. The molecule has 1 aromatic carbocycles. The van der Waals surface area contributed by atoms with Crippen LogP contribution in [0.15, 0.2) is 28.7 Å². The zero-order valence-electron chi connectivity index (χ0n) is 13.7. The van der Waals surface area contributed by atoms with Crippen LogP contribution in [0.25, 0.3) is 0 Å². The van der Waals surface area contributed by atoms with Crippen molar-refractivity contribution in [3.05, 3.63) is 28.7 Å². The average molecular weight is 394 g/mol. The minimum atomic E-state index is -0.586. The third-order valence-electron chi connectivity index (χ3n) is 5.20. The third-order valence-corrected chi connectivity index (χ3v) is 5.88. The van der Waals surface area contributed by atoms with Crippen LogP contribution in [-0.4, -0.2) is 30.9 Å². The van der Waals surface area contributed by atoms with Gasteiger partial charge in [0.2, 0.25) is 11.8 Å². The van der Waals surface area contributed by atoms with Crippen LogP contribution in [0.4, 0.5) is 5.69 Å². The van der Waals surface area contributed by atoms with Crippen molar-refractivity contribution in [1.82, 2.24) is 5.32 Å². The summed E-state index contributed by atoms with van der Waals surface area (Å²) in [6, 6.07) is 7.72.